The second kappa shape index (κ2) is 6.58. The van der Waals surface area contributed by atoms with E-state index < -0.39 is 13.0 Å². The highest BCUT2D eigenvalue weighted by atomic mass is 35.5. The van der Waals surface area contributed by atoms with Crippen molar-refractivity contribution in [2.45, 2.75) is 19.5 Å². The fourth-order valence-electron chi connectivity index (χ4n) is 1.76. The third-order valence-corrected chi connectivity index (χ3v) is 2.56. The molecule has 2 rings (SSSR count). The van der Waals surface area contributed by atoms with Crippen LogP contribution in [0.5, 0.6) is 0 Å². The highest BCUT2D eigenvalue weighted by molar-refractivity contribution is 5.85. The van der Waals surface area contributed by atoms with Gasteiger partial charge in [0.2, 0.25) is 0 Å². The van der Waals surface area contributed by atoms with Crippen molar-refractivity contribution in [1.82, 2.24) is 9.78 Å². The normalized spacial score (nSPS) is 10.6. The van der Waals surface area contributed by atoms with Crippen molar-refractivity contribution in [3.05, 3.63) is 42.0 Å². The lowest BCUT2D eigenvalue weighted by Crippen LogP contribution is -2.06. The molecule has 0 atom stereocenters. The lowest BCUT2D eigenvalue weighted by molar-refractivity contribution is 0.122. The van der Waals surface area contributed by atoms with Crippen LogP contribution in [0, 0.1) is 5.82 Å². The molecule has 1 heterocycles. The minimum atomic E-state index is -2.46. The van der Waals surface area contributed by atoms with Crippen molar-refractivity contribution in [2.75, 3.05) is 0 Å². The molecule has 1 aromatic carbocycles. The average molecular weight is 292 g/mol. The molecule has 0 aliphatic rings. The van der Waals surface area contributed by atoms with Gasteiger partial charge in [-0.3, -0.25) is 4.68 Å². The molecule has 2 aromatic rings. The predicted octanol–water partition coefficient (Wildman–Crippen LogP) is 2.83. The van der Waals surface area contributed by atoms with Gasteiger partial charge in [-0.15, -0.1) is 12.4 Å². The van der Waals surface area contributed by atoms with E-state index in [1.54, 1.807) is 6.07 Å². The Labute approximate surface area is 114 Å². The quantitative estimate of drug-likeness (QED) is 0.941. The maximum Gasteiger partial charge on any atom is 0.257 e. The molecule has 0 aliphatic carbocycles. The molecule has 3 nitrogen and oxygen atoms in total. The molecule has 0 spiro atoms. The van der Waals surface area contributed by atoms with Crippen molar-refractivity contribution >= 4 is 12.4 Å². The van der Waals surface area contributed by atoms with Crippen LogP contribution in [-0.2, 0) is 13.1 Å². The fourth-order valence-corrected chi connectivity index (χ4v) is 1.76. The zero-order valence-corrected chi connectivity index (χ0v) is 10.7. The van der Waals surface area contributed by atoms with Gasteiger partial charge in [-0.1, -0.05) is 6.07 Å². The Kier molecular flexibility index (Phi) is 5.38. The highest BCUT2D eigenvalue weighted by Crippen LogP contribution is 2.24. The smallest absolute Gasteiger partial charge is 0.257 e. The Bertz CT molecular complexity index is 543. The standard InChI is InChI=1S/C12H12F3N3.ClH/c13-10-1-2-11(8(3-10)4-16)9-5-17-18(6-9)7-12(14)15;/h1-3,5-6,12H,4,7,16H2;1H. The topological polar surface area (TPSA) is 43.8 Å². The number of halogens is 4. The highest BCUT2D eigenvalue weighted by Gasteiger charge is 2.10. The third-order valence-electron chi connectivity index (χ3n) is 2.56. The summed E-state index contributed by atoms with van der Waals surface area (Å²) < 4.78 is 38.6. The van der Waals surface area contributed by atoms with E-state index in [1.807, 2.05) is 0 Å². The first-order chi connectivity index (χ1) is 8.60. The van der Waals surface area contributed by atoms with Gasteiger partial charge in [0.25, 0.3) is 6.43 Å². The number of hydrogen-bond donors (Lipinski definition) is 1. The largest absolute Gasteiger partial charge is 0.326 e. The molecule has 1 aromatic heterocycles. The first-order valence-electron chi connectivity index (χ1n) is 5.39. The minimum Gasteiger partial charge on any atom is -0.326 e. The summed E-state index contributed by atoms with van der Waals surface area (Å²) in [5, 5.41) is 3.83. The molecular formula is C12H13ClF3N3. The summed E-state index contributed by atoms with van der Waals surface area (Å²) >= 11 is 0. The van der Waals surface area contributed by atoms with Gasteiger partial charge in [-0.2, -0.15) is 5.10 Å². The Hall–Kier alpha value is -1.53. The van der Waals surface area contributed by atoms with Crippen molar-refractivity contribution in [3.8, 4) is 11.1 Å². The second-order valence-electron chi connectivity index (χ2n) is 3.85. The summed E-state index contributed by atoms with van der Waals surface area (Å²) in [6, 6.07) is 4.21. The number of alkyl halides is 2. The van der Waals surface area contributed by atoms with Gasteiger partial charge in [-0.05, 0) is 23.3 Å². The maximum atomic E-state index is 13.1. The van der Waals surface area contributed by atoms with Gasteiger partial charge < -0.3 is 5.73 Å². The zero-order valence-electron chi connectivity index (χ0n) is 9.89. The van der Waals surface area contributed by atoms with E-state index in [0.29, 0.717) is 16.7 Å². The number of nitrogens with two attached hydrogens (primary N) is 1. The Morgan fingerprint density at radius 3 is 2.68 bits per heavy atom. The van der Waals surface area contributed by atoms with Crippen LogP contribution in [0.1, 0.15) is 5.56 Å². The molecule has 0 aliphatic heterocycles. The molecule has 104 valence electrons. The number of hydrogen-bond acceptors (Lipinski definition) is 2. The van der Waals surface area contributed by atoms with Gasteiger partial charge in [0.1, 0.15) is 12.4 Å². The van der Waals surface area contributed by atoms with Crippen LogP contribution in [0.2, 0.25) is 0 Å². The van der Waals surface area contributed by atoms with Crippen molar-refractivity contribution in [2.24, 2.45) is 5.73 Å². The van der Waals surface area contributed by atoms with E-state index in [2.05, 4.69) is 5.10 Å². The molecule has 0 bridgehead atoms. The summed E-state index contributed by atoms with van der Waals surface area (Å²) in [6.45, 7) is -0.285. The van der Waals surface area contributed by atoms with E-state index in [9.17, 15) is 13.2 Å². The molecule has 0 fully saturated rings. The van der Waals surface area contributed by atoms with Crippen LogP contribution in [0.3, 0.4) is 0 Å². The molecule has 0 amide bonds. The predicted molar refractivity (Wildman–Crippen MR) is 68.8 cm³/mol. The molecular weight excluding hydrogens is 279 g/mol. The molecule has 0 saturated heterocycles. The van der Waals surface area contributed by atoms with Gasteiger partial charge in [0.05, 0.1) is 6.20 Å². The average Bonchev–Trinajstić information content (AvgIpc) is 2.76. The summed E-state index contributed by atoms with van der Waals surface area (Å²) in [4.78, 5) is 0. The first-order valence-corrected chi connectivity index (χ1v) is 5.39. The summed E-state index contributed by atoms with van der Waals surface area (Å²) in [5.41, 5.74) is 7.50. The Balaban J connectivity index is 0.00000180. The van der Waals surface area contributed by atoms with Crippen LogP contribution >= 0.6 is 12.4 Å². The first kappa shape index (κ1) is 15.5. The van der Waals surface area contributed by atoms with E-state index in [0.717, 1.165) is 4.68 Å². The second-order valence-corrected chi connectivity index (χ2v) is 3.85. The maximum absolute atomic E-state index is 13.1. The van der Waals surface area contributed by atoms with E-state index >= 15 is 0 Å². The molecule has 0 unspecified atom stereocenters. The molecule has 19 heavy (non-hydrogen) atoms. The summed E-state index contributed by atoms with van der Waals surface area (Å²) in [5.74, 6) is -0.376. The lowest BCUT2D eigenvalue weighted by atomic mass is 10.0. The fraction of sp³-hybridized carbons (Fsp3) is 0.250. The molecule has 7 heteroatoms. The monoisotopic (exact) mass is 291 g/mol. The number of aromatic nitrogens is 2. The number of nitrogens with zero attached hydrogens (tertiary/aromatic N) is 2. The van der Waals surface area contributed by atoms with Crippen LogP contribution < -0.4 is 5.73 Å². The van der Waals surface area contributed by atoms with Crippen LogP contribution in [0.4, 0.5) is 13.2 Å². The van der Waals surface area contributed by atoms with E-state index in [4.69, 9.17) is 5.73 Å². The summed E-state index contributed by atoms with van der Waals surface area (Å²) in [6.07, 6.45) is 0.507. The molecule has 0 radical (unpaired) electrons. The third kappa shape index (κ3) is 3.71. The van der Waals surface area contributed by atoms with E-state index in [1.165, 1.54) is 24.5 Å². The number of benzene rings is 1. The molecule has 2 N–H and O–H groups in total. The van der Waals surface area contributed by atoms with Gasteiger partial charge in [0.15, 0.2) is 0 Å². The molecule has 0 saturated carbocycles. The SMILES string of the molecule is Cl.NCc1cc(F)ccc1-c1cnn(CC(F)F)c1. The summed E-state index contributed by atoms with van der Waals surface area (Å²) in [7, 11) is 0. The van der Waals surface area contributed by atoms with Crippen LogP contribution in [0.15, 0.2) is 30.6 Å². The van der Waals surface area contributed by atoms with Gasteiger partial charge >= 0.3 is 0 Å². The van der Waals surface area contributed by atoms with Crippen molar-refractivity contribution in [3.63, 3.8) is 0 Å². The number of rotatable bonds is 4. The van der Waals surface area contributed by atoms with Crippen LogP contribution in [0.25, 0.3) is 11.1 Å². The van der Waals surface area contributed by atoms with Crippen molar-refractivity contribution < 1.29 is 13.2 Å². The van der Waals surface area contributed by atoms with E-state index in [-0.39, 0.29) is 24.8 Å². The minimum absolute atomic E-state index is 0. The van der Waals surface area contributed by atoms with Gasteiger partial charge in [0, 0.05) is 18.3 Å². The van der Waals surface area contributed by atoms with Crippen molar-refractivity contribution in [1.29, 1.82) is 0 Å². The van der Waals surface area contributed by atoms with Crippen LogP contribution in [-0.4, -0.2) is 16.2 Å². The lowest BCUT2D eigenvalue weighted by Gasteiger charge is -2.05. The Morgan fingerprint density at radius 1 is 1.32 bits per heavy atom. The Morgan fingerprint density at radius 2 is 2.05 bits per heavy atom. The zero-order chi connectivity index (χ0) is 13.1. The van der Waals surface area contributed by atoms with Gasteiger partial charge in [-0.25, -0.2) is 13.2 Å².